The Morgan fingerprint density at radius 2 is 1.27 bits per heavy atom. The molecule has 0 bridgehead atoms. The van der Waals surface area contributed by atoms with E-state index in [0.717, 1.165) is 41.6 Å². The van der Waals surface area contributed by atoms with Crippen molar-refractivity contribution in [3.8, 4) is 0 Å². The SMILES string of the molecule is CCC1=C(CC)C(=O)C2=C(CCC2)C1=O. The molecule has 0 aromatic rings. The van der Waals surface area contributed by atoms with Crippen LogP contribution in [0.25, 0.3) is 0 Å². The lowest BCUT2D eigenvalue weighted by Gasteiger charge is -2.18. The van der Waals surface area contributed by atoms with Crippen LogP contribution in [0.3, 0.4) is 0 Å². The largest absolute Gasteiger partial charge is 0.289 e. The first kappa shape index (κ1) is 10.3. The molecule has 0 heterocycles. The summed E-state index contributed by atoms with van der Waals surface area (Å²) in [7, 11) is 0. The molecule has 2 rings (SSSR count). The molecule has 0 fully saturated rings. The summed E-state index contributed by atoms with van der Waals surface area (Å²) >= 11 is 0. The lowest BCUT2D eigenvalue weighted by Crippen LogP contribution is -2.21. The second-order valence-electron chi connectivity index (χ2n) is 4.13. The summed E-state index contributed by atoms with van der Waals surface area (Å²) in [5.41, 5.74) is 3.16. The highest BCUT2D eigenvalue weighted by molar-refractivity contribution is 6.25. The van der Waals surface area contributed by atoms with Crippen LogP contribution < -0.4 is 0 Å². The van der Waals surface area contributed by atoms with E-state index in [4.69, 9.17) is 0 Å². The number of ketones is 2. The molecule has 2 aliphatic rings. The highest BCUT2D eigenvalue weighted by atomic mass is 16.1. The second kappa shape index (κ2) is 3.76. The van der Waals surface area contributed by atoms with E-state index in [1.807, 2.05) is 13.8 Å². The molecule has 0 spiro atoms. The van der Waals surface area contributed by atoms with E-state index in [1.165, 1.54) is 0 Å². The Labute approximate surface area is 90.1 Å². The van der Waals surface area contributed by atoms with Crippen LogP contribution in [0.4, 0.5) is 0 Å². The van der Waals surface area contributed by atoms with Crippen LogP contribution in [0, 0.1) is 0 Å². The molecule has 0 amide bonds. The predicted molar refractivity (Wildman–Crippen MR) is 58.5 cm³/mol. The fraction of sp³-hybridized carbons (Fsp3) is 0.538. The minimum atomic E-state index is 0.154. The van der Waals surface area contributed by atoms with Gasteiger partial charge in [-0.1, -0.05) is 13.8 Å². The van der Waals surface area contributed by atoms with E-state index in [2.05, 4.69) is 0 Å². The third-order valence-electron chi connectivity index (χ3n) is 3.39. The first-order valence-corrected chi connectivity index (χ1v) is 5.74. The maximum atomic E-state index is 12.1. The second-order valence-corrected chi connectivity index (χ2v) is 4.13. The van der Waals surface area contributed by atoms with Crippen molar-refractivity contribution in [2.24, 2.45) is 0 Å². The average molecular weight is 204 g/mol. The predicted octanol–water partition coefficient (Wildman–Crippen LogP) is 2.74. The summed E-state index contributed by atoms with van der Waals surface area (Å²) in [5, 5.41) is 0. The molecule has 0 N–H and O–H groups in total. The smallest absolute Gasteiger partial charge is 0.185 e. The van der Waals surface area contributed by atoms with Crippen molar-refractivity contribution in [3.63, 3.8) is 0 Å². The third kappa shape index (κ3) is 1.39. The van der Waals surface area contributed by atoms with Gasteiger partial charge in [-0.3, -0.25) is 9.59 Å². The van der Waals surface area contributed by atoms with Crippen LogP contribution in [0.1, 0.15) is 46.0 Å². The Morgan fingerprint density at radius 1 is 0.867 bits per heavy atom. The third-order valence-corrected chi connectivity index (χ3v) is 3.39. The zero-order valence-electron chi connectivity index (χ0n) is 9.35. The summed E-state index contributed by atoms with van der Waals surface area (Å²) in [6, 6.07) is 0. The Hall–Kier alpha value is -1.18. The summed E-state index contributed by atoms with van der Waals surface area (Å²) in [5.74, 6) is 0.308. The van der Waals surface area contributed by atoms with Gasteiger partial charge in [0, 0.05) is 22.3 Å². The summed E-state index contributed by atoms with van der Waals surface area (Å²) in [4.78, 5) is 24.2. The molecule has 0 aromatic carbocycles. The van der Waals surface area contributed by atoms with Crippen molar-refractivity contribution >= 4 is 11.6 Å². The van der Waals surface area contributed by atoms with Gasteiger partial charge in [-0.25, -0.2) is 0 Å². The molecule has 0 unspecified atom stereocenters. The molecular weight excluding hydrogens is 188 g/mol. The maximum absolute atomic E-state index is 12.1. The van der Waals surface area contributed by atoms with E-state index in [-0.39, 0.29) is 11.6 Å². The molecule has 0 radical (unpaired) electrons. The van der Waals surface area contributed by atoms with Crippen LogP contribution >= 0.6 is 0 Å². The number of allylic oxidation sites excluding steroid dienone is 4. The molecule has 0 aliphatic heterocycles. The first-order chi connectivity index (χ1) is 7.20. The van der Waals surface area contributed by atoms with Crippen molar-refractivity contribution in [2.45, 2.75) is 46.0 Å². The topological polar surface area (TPSA) is 34.1 Å². The lowest BCUT2D eigenvalue weighted by molar-refractivity contribution is -0.116. The number of hydrogen-bond acceptors (Lipinski definition) is 2. The molecule has 0 aromatic heterocycles. The van der Waals surface area contributed by atoms with Gasteiger partial charge in [0.25, 0.3) is 0 Å². The Balaban J connectivity index is 2.50. The Bertz CT molecular complexity index is 361. The zero-order chi connectivity index (χ0) is 11.0. The van der Waals surface area contributed by atoms with Gasteiger partial charge in [-0.05, 0) is 32.1 Å². The van der Waals surface area contributed by atoms with Crippen molar-refractivity contribution in [1.82, 2.24) is 0 Å². The molecule has 15 heavy (non-hydrogen) atoms. The van der Waals surface area contributed by atoms with Gasteiger partial charge in [0.1, 0.15) is 0 Å². The maximum Gasteiger partial charge on any atom is 0.185 e. The van der Waals surface area contributed by atoms with E-state index < -0.39 is 0 Å². The van der Waals surface area contributed by atoms with Crippen LogP contribution in [-0.4, -0.2) is 11.6 Å². The fourth-order valence-corrected chi connectivity index (χ4v) is 2.63. The molecule has 2 nitrogen and oxygen atoms in total. The van der Waals surface area contributed by atoms with Gasteiger partial charge in [-0.2, -0.15) is 0 Å². The minimum absolute atomic E-state index is 0.154. The molecule has 80 valence electrons. The summed E-state index contributed by atoms with van der Waals surface area (Å²) in [6.45, 7) is 3.91. The van der Waals surface area contributed by atoms with Gasteiger partial charge < -0.3 is 0 Å². The van der Waals surface area contributed by atoms with Crippen LogP contribution in [0.15, 0.2) is 22.3 Å². The van der Waals surface area contributed by atoms with Gasteiger partial charge in [0.2, 0.25) is 0 Å². The Morgan fingerprint density at radius 3 is 1.60 bits per heavy atom. The number of carbonyl (C=O) groups excluding carboxylic acids is 2. The van der Waals surface area contributed by atoms with E-state index in [1.54, 1.807) is 0 Å². The Kier molecular flexibility index (Phi) is 2.59. The highest BCUT2D eigenvalue weighted by Gasteiger charge is 2.34. The molecule has 2 aliphatic carbocycles. The number of rotatable bonds is 2. The number of carbonyl (C=O) groups is 2. The van der Waals surface area contributed by atoms with Gasteiger partial charge >= 0.3 is 0 Å². The van der Waals surface area contributed by atoms with Crippen molar-refractivity contribution < 1.29 is 9.59 Å². The van der Waals surface area contributed by atoms with Crippen molar-refractivity contribution in [1.29, 1.82) is 0 Å². The minimum Gasteiger partial charge on any atom is -0.289 e. The monoisotopic (exact) mass is 204 g/mol. The molecule has 2 heteroatoms. The van der Waals surface area contributed by atoms with Crippen molar-refractivity contribution in [2.75, 3.05) is 0 Å². The van der Waals surface area contributed by atoms with E-state index in [9.17, 15) is 9.59 Å². The number of hydrogen-bond donors (Lipinski definition) is 0. The van der Waals surface area contributed by atoms with Gasteiger partial charge in [-0.15, -0.1) is 0 Å². The van der Waals surface area contributed by atoms with Crippen LogP contribution in [0.2, 0.25) is 0 Å². The molecule has 0 saturated heterocycles. The molecule has 0 atom stereocenters. The van der Waals surface area contributed by atoms with Gasteiger partial charge in [0.05, 0.1) is 0 Å². The van der Waals surface area contributed by atoms with Crippen LogP contribution in [0.5, 0.6) is 0 Å². The summed E-state index contributed by atoms with van der Waals surface area (Å²) in [6.07, 6.45) is 3.95. The van der Waals surface area contributed by atoms with E-state index in [0.29, 0.717) is 12.8 Å². The standard InChI is InChI=1S/C13H16O2/c1-3-8-9(4-2)13(15)11-7-5-6-10(11)12(8)14/h3-7H2,1-2H3. The quantitative estimate of drug-likeness (QED) is 0.648. The lowest BCUT2D eigenvalue weighted by atomic mass is 9.83. The highest BCUT2D eigenvalue weighted by Crippen LogP contribution is 2.37. The average Bonchev–Trinajstić information content (AvgIpc) is 2.72. The molecular formula is C13H16O2. The van der Waals surface area contributed by atoms with Crippen molar-refractivity contribution in [3.05, 3.63) is 22.3 Å². The zero-order valence-corrected chi connectivity index (χ0v) is 9.35. The van der Waals surface area contributed by atoms with Gasteiger partial charge in [0.15, 0.2) is 11.6 Å². The van der Waals surface area contributed by atoms with Crippen LogP contribution in [-0.2, 0) is 9.59 Å². The first-order valence-electron chi connectivity index (χ1n) is 5.74. The normalized spacial score (nSPS) is 21.5. The number of Topliss-reactive ketones (excluding diaryl/α,β-unsaturated/α-hetero) is 2. The molecule has 0 saturated carbocycles. The summed E-state index contributed by atoms with van der Waals surface area (Å²) < 4.78 is 0. The van der Waals surface area contributed by atoms with E-state index >= 15 is 0 Å². The fourth-order valence-electron chi connectivity index (χ4n) is 2.63.